The summed E-state index contributed by atoms with van der Waals surface area (Å²) in [5.41, 5.74) is 2.23. The Bertz CT molecular complexity index is 840. The van der Waals surface area contributed by atoms with E-state index >= 15 is 0 Å². The van der Waals surface area contributed by atoms with Gasteiger partial charge in [0.05, 0.1) is 6.61 Å². The van der Waals surface area contributed by atoms with Gasteiger partial charge in [0.25, 0.3) is 0 Å². The van der Waals surface area contributed by atoms with E-state index < -0.39 is 11.6 Å². The van der Waals surface area contributed by atoms with Crippen LogP contribution in [0.4, 0.5) is 13.2 Å². The molecule has 0 bridgehead atoms. The van der Waals surface area contributed by atoms with Gasteiger partial charge in [-0.1, -0.05) is 36.4 Å². The first-order valence-electron chi connectivity index (χ1n) is 11.2. The molecule has 2 nitrogen and oxygen atoms in total. The van der Waals surface area contributed by atoms with Crippen LogP contribution in [-0.4, -0.2) is 13.3 Å². The lowest BCUT2D eigenvalue weighted by Gasteiger charge is -2.28. The van der Waals surface area contributed by atoms with Gasteiger partial charge in [0.15, 0.2) is 11.5 Å². The third-order valence-corrected chi connectivity index (χ3v) is 6.00. The molecule has 0 N–H and O–H groups in total. The number of ether oxygens (including phenoxy) is 2. The van der Waals surface area contributed by atoms with Crippen LogP contribution in [0, 0.1) is 17.6 Å². The molecule has 0 aromatic heterocycles. The lowest BCUT2D eigenvalue weighted by atomic mass is 9.77. The molecular weight excluding hydrogens is 401 g/mol. The van der Waals surface area contributed by atoms with Gasteiger partial charge in [0.1, 0.15) is 13.3 Å². The Morgan fingerprint density at radius 3 is 2.13 bits per heavy atom. The quantitative estimate of drug-likeness (QED) is 0.361. The second kappa shape index (κ2) is 11.8. The lowest BCUT2D eigenvalue weighted by Crippen LogP contribution is -2.13. The van der Waals surface area contributed by atoms with Crippen LogP contribution in [0.5, 0.6) is 11.5 Å². The van der Waals surface area contributed by atoms with Gasteiger partial charge in [-0.3, -0.25) is 0 Å². The predicted molar refractivity (Wildman–Crippen MR) is 117 cm³/mol. The molecule has 0 unspecified atom stereocenters. The van der Waals surface area contributed by atoms with Gasteiger partial charge in [0.2, 0.25) is 11.6 Å². The van der Waals surface area contributed by atoms with Gasteiger partial charge >= 0.3 is 0 Å². The molecule has 2 aromatic carbocycles. The van der Waals surface area contributed by atoms with E-state index in [1.807, 2.05) is 18.2 Å². The van der Waals surface area contributed by atoms with Crippen molar-refractivity contribution in [1.82, 2.24) is 0 Å². The highest BCUT2D eigenvalue weighted by Gasteiger charge is 2.22. The van der Waals surface area contributed by atoms with E-state index in [0.717, 1.165) is 24.3 Å². The van der Waals surface area contributed by atoms with Gasteiger partial charge in [-0.25, -0.2) is 4.39 Å². The minimum atomic E-state index is -1.03. The van der Waals surface area contributed by atoms with Crippen molar-refractivity contribution in [1.29, 1.82) is 0 Å². The Kier molecular flexibility index (Phi) is 8.86. The number of hydrogen-bond donors (Lipinski definition) is 0. The fraction of sp³-hybridized carbons (Fsp3) is 0.462. The molecule has 0 atom stereocenters. The summed E-state index contributed by atoms with van der Waals surface area (Å²) in [6.07, 6.45) is 10.4. The zero-order valence-corrected chi connectivity index (χ0v) is 18.1. The van der Waals surface area contributed by atoms with Crippen LogP contribution in [0.1, 0.15) is 62.5 Å². The van der Waals surface area contributed by atoms with Crippen LogP contribution in [0.25, 0.3) is 0 Å². The minimum Gasteiger partial charge on any atom is -0.491 e. The Balaban J connectivity index is 1.49. The fourth-order valence-electron chi connectivity index (χ4n) is 4.24. The fourth-order valence-corrected chi connectivity index (χ4v) is 4.24. The molecule has 3 rings (SSSR count). The highest BCUT2D eigenvalue weighted by atomic mass is 19.2. The van der Waals surface area contributed by atoms with E-state index in [-0.39, 0.29) is 31.4 Å². The summed E-state index contributed by atoms with van der Waals surface area (Å²) in [6, 6.07) is 11.0. The molecule has 0 spiro atoms. The number of hydrogen-bond acceptors (Lipinski definition) is 2. The average molecular weight is 433 g/mol. The molecule has 0 amide bonds. The molecule has 168 valence electrons. The van der Waals surface area contributed by atoms with E-state index in [2.05, 4.69) is 12.1 Å². The maximum absolute atomic E-state index is 14.1. The van der Waals surface area contributed by atoms with Gasteiger partial charge in [0, 0.05) is 0 Å². The van der Waals surface area contributed by atoms with E-state index in [1.54, 1.807) is 13.0 Å². The molecule has 0 aliphatic heterocycles. The van der Waals surface area contributed by atoms with Gasteiger partial charge in [-0.05, 0) is 80.5 Å². The smallest absolute Gasteiger partial charge is 0.204 e. The third kappa shape index (κ3) is 6.52. The van der Waals surface area contributed by atoms with Gasteiger partial charge < -0.3 is 9.47 Å². The molecular formula is C26H31F3O2. The summed E-state index contributed by atoms with van der Waals surface area (Å²) in [5.74, 6) is -0.988. The zero-order chi connectivity index (χ0) is 22.1. The van der Waals surface area contributed by atoms with Crippen molar-refractivity contribution in [3.8, 4) is 11.5 Å². The Hall–Kier alpha value is -2.43. The van der Waals surface area contributed by atoms with Crippen LogP contribution in [0.15, 0.2) is 48.6 Å². The average Bonchev–Trinajstić information content (AvgIpc) is 2.80. The number of rotatable bonds is 10. The third-order valence-electron chi connectivity index (χ3n) is 6.00. The van der Waals surface area contributed by atoms with Crippen LogP contribution in [-0.2, 0) is 6.61 Å². The van der Waals surface area contributed by atoms with Crippen molar-refractivity contribution in [2.45, 2.75) is 58.0 Å². The largest absolute Gasteiger partial charge is 0.491 e. The standard InChI is InChI=1S/C26H31F3O2/c1-2-30-23-15-16-24(26(29)25(23)28)31-18-20-9-13-22(14-10-20)21-11-7-19(8-12-21)6-4-3-5-17-27/h3,5,9-10,13-16,19,21H,2,4,6-8,11-12,17-18H2,1H3/b5-3+. The van der Waals surface area contributed by atoms with E-state index in [9.17, 15) is 13.2 Å². The van der Waals surface area contributed by atoms with E-state index in [4.69, 9.17) is 9.47 Å². The number of allylic oxidation sites excluding steroid dienone is 2. The first-order chi connectivity index (χ1) is 15.1. The topological polar surface area (TPSA) is 18.5 Å². The number of alkyl halides is 1. The minimum absolute atomic E-state index is 0.109. The van der Waals surface area contributed by atoms with E-state index in [0.29, 0.717) is 5.92 Å². The molecule has 1 fully saturated rings. The summed E-state index contributed by atoms with van der Waals surface area (Å²) in [7, 11) is 0. The molecule has 0 heterocycles. The van der Waals surface area contributed by atoms with Crippen molar-refractivity contribution >= 4 is 0 Å². The molecule has 5 heteroatoms. The second-order valence-corrected chi connectivity index (χ2v) is 8.07. The first kappa shape index (κ1) is 23.2. The highest BCUT2D eigenvalue weighted by molar-refractivity contribution is 5.35. The molecule has 0 saturated heterocycles. The van der Waals surface area contributed by atoms with Crippen LogP contribution < -0.4 is 9.47 Å². The second-order valence-electron chi connectivity index (χ2n) is 8.07. The van der Waals surface area contributed by atoms with Crippen LogP contribution in [0.3, 0.4) is 0 Å². The number of halogens is 3. The summed E-state index contributed by atoms with van der Waals surface area (Å²) >= 11 is 0. The maximum atomic E-state index is 14.1. The van der Waals surface area contributed by atoms with Gasteiger partial charge in [-0.15, -0.1) is 0 Å². The molecule has 31 heavy (non-hydrogen) atoms. The van der Waals surface area contributed by atoms with Crippen molar-refractivity contribution in [3.05, 3.63) is 71.3 Å². The number of benzene rings is 2. The first-order valence-corrected chi connectivity index (χ1v) is 11.2. The molecule has 2 aromatic rings. The molecule has 1 aliphatic carbocycles. The molecule has 0 radical (unpaired) electrons. The molecule has 1 saturated carbocycles. The Morgan fingerprint density at radius 1 is 0.871 bits per heavy atom. The van der Waals surface area contributed by atoms with E-state index in [1.165, 1.54) is 43.4 Å². The van der Waals surface area contributed by atoms with Crippen molar-refractivity contribution in [3.63, 3.8) is 0 Å². The normalized spacial score (nSPS) is 19.0. The Morgan fingerprint density at radius 2 is 1.52 bits per heavy atom. The molecule has 1 aliphatic rings. The predicted octanol–water partition coefficient (Wildman–Crippen LogP) is 7.52. The van der Waals surface area contributed by atoms with Crippen LogP contribution >= 0.6 is 0 Å². The zero-order valence-electron chi connectivity index (χ0n) is 18.1. The maximum Gasteiger partial charge on any atom is 0.204 e. The highest BCUT2D eigenvalue weighted by Crippen LogP contribution is 2.37. The van der Waals surface area contributed by atoms with Gasteiger partial charge in [-0.2, -0.15) is 8.78 Å². The summed E-state index contributed by atoms with van der Waals surface area (Å²) in [6.45, 7) is 1.78. The monoisotopic (exact) mass is 432 g/mol. The Labute approximate surface area is 183 Å². The van der Waals surface area contributed by atoms with Crippen molar-refractivity contribution in [2.24, 2.45) is 5.92 Å². The van der Waals surface area contributed by atoms with Crippen molar-refractivity contribution < 1.29 is 22.6 Å². The lowest BCUT2D eigenvalue weighted by molar-refractivity contribution is 0.274. The summed E-state index contributed by atoms with van der Waals surface area (Å²) in [5, 5.41) is 0. The van der Waals surface area contributed by atoms with Crippen molar-refractivity contribution in [2.75, 3.05) is 13.3 Å². The summed E-state index contributed by atoms with van der Waals surface area (Å²) < 4.78 is 50.8. The van der Waals surface area contributed by atoms with Crippen LogP contribution in [0.2, 0.25) is 0 Å². The summed E-state index contributed by atoms with van der Waals surface area (Å²) in [4.78, 5) is 0. The SMILES string of the molecule is CCOc1ccc(OCc2ccc(C3CCC(CC/C=C/CF)CC3)cc2)c(F)c1F.